The van der Waals surface area contributed by atoms with Gasteiger partial charge in [0, 0.05) is 18.8 Å². The van der Waals surface area contributed by atoms with Crippen LogP contribution in [0.15, 0.2) is 21.0 Å². The molecule has 172 valence electrons. The molecule has 0 spiro atoms. The molecule has 3 rings (SSSR count). The van der Waals surface area contributed by atoms with E-state index in [1.54, 1.807) is 0 Å². The summed E-state index contributed by atoms with van der Waals surface area (Å²) in [6, 6.07) is 2.58. The number of aromatic nitrogens is 2. The van der Waals surface area contributed by atoms with E-state index in [0.717, 1.165) is 15.9 Å². The Morgan fingerprint density at radius 2 is 1.72 bits per heavy atom. The Balaban J connectivity index is 1.53. The summed E-state index contributed by atoms with van der Waals surface area (Å²) in [5.74, 6) is -12.8. The lowest BCUT2D eigenvalue weighted by molar-refractivity contribution is 0.0920. The molecule has 2 aromatic heterocycles. The Bertz CT molecular complexity index is 1130. The molecular weight excluding hydrogens is 505 g/mol. The van der Waals surface area contributed by atoms with Gasteiger partial charge in [-0.2, -0.15) is 13.9 Å². The minimum Gasteiger partial charge on any atom is -0.479 e. The molecule has 32 heavy (non-hydrogen) atoms. The molecule has 0 aliphatic heterocycles. The van der Waals surface area contributed by atoms with Crippen molar-refractivity contribution in [1.82, 2.24) is 15.1 Å². The van der Waals surface area contributed by atoms with Gasteiger partial charge in [-0.1, -0.05) is 0 Å². The van der Waals surface area contributed by atoms with Crippen LogP contribution < -0.4 is 10.1 Å². The van der Waals surface area contributed by atoms with Crippen molar-refractivity contribution in [1.29, 1.82) is 0 Å². The second-order valence-corrected chi connectivity index (χ2v) is 7.56. The first-order valence-corrected chi connectivity index (χ1v) is 10.1. The molecule has 6 nitrogen and oxygen atoms in total. The summed E-state index contributed by atoms with van der Waals surface area (Å²) in [7, 11) is 0. The molecule has 0 aliphatic rings. The number of carbonyl (C=O) groups excluding carboxylic acids is 1. The van der Waals surface area contributed by atoms with Crippen molar-refractivity contribution in [3.8, 4) is 5.75 Å². The number of furan rings is 1. The van der Waals surface area contributed by atoms with Crippen LogP contribution in [0.2, 0.25) is 0 Å². The van der Waals surface area contributed by atoms with E-state index >= 15 is 0 Å². The van der Waals surface area contributed by atoms with E-state index in [2.05, 4.69) is 26.3 Å². The minimum atomic E-state index is -2.28. The predicted octanol–water partition coefficient (Wildman–Crippen LogP) is 4.95. The van der Waals surface area contributed by atoms with Crippen LogP contribution in [0.25, 0.3) is 0 Å². The Morgan fingerprint density at radius 3 is 2.31 bits per heavy atom. The van der Waals surface area contributed by atoms with E-state index < -0.39 is 47.3 Å². The highest BCUT2D eigenvalue weighted by molar-refractivity contribution is 9.10. The number of hydrogen-bond donors (Lipinski definition) is 1. The van der Waals surface area contributed by atoms with E-state index in [4.69, 9.17) is 9.15 Å². The molecular formula is C20H17BrF5N3O3. The standard InChI is InChI=1S/C20H17BrF5N3O3/c1-9-13(21)10(2)29(28-9)7-3-6-27-20(30)12-5-4-11(32-12)8-31-19-17(25)15(23)14(22)16(24)18(19)26/h4-5H,3,6-8H2,1-2H3,(H,27,30). The molecule has 0 atom stereocenters. The number of nitrogens with zero attached hydrogens (tertiary/aromatic N) is 2. The molecule has 1 amide bonds. The maximum absolute atomic E-state index is 13.6. The van der Waals surface area contributed by atoms with Crippen molar-refractivity contribution in [3.05, 3.63) is 68.6 Å². The lowest BCUT2D eigenvalue weighted by Crippen LogP contribution is -2.25. The second kappa shape index (κ2) is 9.72. The van der Waals surface area contributed by atoms with Gasteiger partial charge >= 0.3 is 0 Å². The van der Waals surface area contributed by atoms with Crippen molar-refractivity contribution < 1.29 is 35.9 Å². The number of rotatable bonds is 8. The molecule has 3 aromatic rings. The molecule has 0 bridgehead atoms. The molecule has 2 heterocycles. The van der Waals surface area contributed by atoms with E-state index in [1.165, 1.54) is 12.1 Å². The van der Waals surface area contributed by atoms with Gasteiger partial charge < -0.3 is 14.5 Å². The zero-order valence-electron chi connectivity index (χ0n) is 16.9. The number of halogens is 6. The first-order chi connectivity index (χ1) is 15.1. The van der Waals surface area contributed by atoms with Crippen molar-refractivity contribution in [2.45, 2.75) is 33.4 Å². The Kier molecular flexibility index (Phi) is 7.22. The van der Waals surface area contributed by atoms with Gasteiger partial charge in [-0.3, -0.25) is 9.48 Å². The van der Waals surface area contributed by atoms with Gasteiger partial charge in [0.05, 0.1) is 10.2 Å². The number of benzene rings is 1. The highest BCUT2D eigenvalue weighted by Crippen LogP contribution is 2.29. The normalized spacial score (nSPS) is 11.1. The maximum Gasteiger partial charge on any atom is 0.286 e. The summed E-state index contributed by atoms with van der Waals surface area (Å²) >= 11 is 3.44. The molecule has 0 unspecified atom stereocenters. The van der Waals surface area contributed by atoms with Crippen LogP contribution in [0.4, 0.5) is 22.0 Å². The van der Waals surface area contributed by atoms with Crippen molar-refractivity contribution in [2.75, 3.05) is 6.54 Å². The van der Waals surface area contributed by atoms with Gasteiger partial charge in [-0.25, -0.2) is 13.2 Å². The fourth-order valence-electron chi connectivity index (χ4n) is 2.84. The van der Waals surface area contributed by atoms with Gasteiger partial charge in [-0.15, -0.1) is 0 Å². The van der Waals surface area contributed by atoms with Gasteiger partial charge in [0.2, 0.25) is 29.1 Å². The highest BCUT2D eigenvalue weighted by Gasteiger charge is 2.27. The van der Waals surface area contributed by atoms with E-state index in [-0.39, 0.29) is 11.5 Å². The molecule has 0 radical (unpaired) electrons. The molecule has 1 aromatic carbocycles. The Morgan fingerprint density at radius 1 is 1.09 bits per heavy atom. The van der Waals surface area contributed by atoms with Crippen LogP contribution in [0.1, 0.15) is 34.1 Å². The zero-order chi connectivity index (χ0) is 23.6. The SMILES string of the molecule is Cc1nn(CCCNC(=O)c2ccc(COc3c(F)c(F)c(F)c(F)c3F)o2)c(C)c1Br. The van der Waals surface area contributed by atoms with Crippen LogP contribution >= 0.6 is 15.9 Å². The Hall–Kier alpha value is -2.89. The third-order valence-electron chi connectivity index (χ3n) is 4.54. The smallest absolute Gasteiger partial charge is 0.286 e. The molecule has 1 N–H and O–H groups in total. The van der Waals surface area contributed by atoms with Crippen molar-refractivity contribution in [2.24, 2.45) is 0 Å². The van der Waals surface area contributed by atoms with Gasteiger partial charge in [0.15, 0.2) is 11.5 Å². The first-order valence-electron chi connectivity index (χ1n) is 9.32. The van der Waals surface area contributed by atoms with Gasteiger partial charge in [0.1, 0.15) is 12.4 Å². The summed E-state index contributed by atoms with van der Waals surface area (Å²) in [5, 5.41) is 7.01. The maximum atomic E-state index is 13.6. The van der Waals surface area contributed by atoms with Gasteiger partial charge in [-0.05, 0) is 48.3 Å². The average molecular weight is 522 g/mol. The summed E-state index contributed by atoms with van der Waals surface area (Å²) in [6.45, 7) is 4.04. The topological polar surface area (TPSA) is 69.3 Å². The lowest BCUT2D eigenvalue weighted by Gasteiger charge is -2.09. The highest BCUT2D eigenvalue weighted by atomic mass is 79.9. The van der Waals surface area contributed by atoms with Crippen LogP contribution in [0.5, 0.6) is 5.75 Å². The summed E-state index contributed by atoms with van der Waals surface area (Å²) in [5.41, 5.74) is 1.83. The quantitative estimate of drug-likeness (QED) is 0.197. The molecule has 0 saturated carbocycles. The number of aryl methyl sites for hydroxylation is 2. The summed E-state index contributed by atoms with van der Waals surface area (Å²) < 4.78 is 79.4. The van der Waals surface area contributed by atoms with E-state index in [0.29, 0.717) is 19.5 Å². The number of amides is 1. The summed E-state index contributed by atoms with van der Waals surface area (Å²) in [4.78, 5) is 12.2. The van der Waals surface area contributed by atoms with Crippen LogP contribution in [0, 0.1) is 42.9 Å². The largest absolute Gasteiger partial charge is 0.479 e. The second-order valence-electron chi connectivity index (χ2n) is 6.77. The number of carbonyl (C=O) groups is 1. The van der Waals surface area contributed by atoms with Crippen molar-refractivity contribution >= 4 is 21.8 Å². The molecule has 0 aliphatic carbocycles. The molecule has 0 fully saturated rings. The summed E-state index contributed by atoms with van der Waals surface area (Å²) in [6.07, 6.45) is 0.594. The zero-order valence-corrected chi connectivity index (χ0v) is 18.5. The van der Waals surface area contributed by atoms with E-state index in [9.17, 15) is 26.7 Å². The monoisotopic (exact) mass is 521 g/mol. The van der Waals surface area contributed by atoms with Gasteiger partial charge in [0.25, 0.3) is 5.91 Å². The number of nitrogens with one attached hydrogen (secondary N) is 1. The fraction of sp³-hybridized carbons (Fsp3) is 0.300. The van der Waals surface area contributed by atoms with Crippen LogP contribution in [0.3, 0.4) is 0 Å². The lowest BCUT2D eigenvalue weighted by atomic mass is 10.2. The molecule has 12 heteroatoms. The third kappa shape index (κ3) is 4.79. The van der Waals surface area contributed by atoms with Crippen LogP contribution in [-0.4, -0.2) is 22.2 Å². The number of ether oxygens (including phenoxy) is 1. The molecule has 0 saturated heterocycles. The average Bonchev–Trinajstić information content (AvgIpc) is 3.34. The van der Waals surface area contributed by atoms with Crippen LogP contribution in [-0.2, 0) is 13.2 Å². The third-order valence-corrected chi connectivity index (χ3v) is 5.69. The Labute approximate surface area is 187 Å². The van der Waals surface area contributed by atoms with E-state index in [1.807, 2.05) is 18.5 Å². The predicted molar refractivity (Wildman–Crippen MR) is 106 cm³/mol. The number of hydrogen-bond acceptors (Lipinski definition) is 4. The first kappa shape index (κ1) is 23.8. The minimum absolute atomic E-state index is 0.0495. The fourth-order valence-corrected chi connectivity index (χ4v) is 3.13. The van der Waals surface area contributed by atoms with Crippen molar-refractivity contribution in [3.63, 3.8) is 0 Å².